The number of amides is 1. The van der Waals surface area contributed by atoms with E-state index in [1.807, 2.05) is 6.92 Å². The van der Waals surface area contributed by atoms with Crippen molar-refractivity contribution in [2.24, 2.45) is 5.73 Å². The summed E-state index contributed by atoms with van der Waals surface area (Å²) in [6.07, 6.45) is 0.870. The molecule has 0 radical (unpaired) electrons. The second-order valence-electron chi connectivity index (χ2n) is 4.49. The van der Waals surface area contributed by atoms with E-state index in [9.17, 15) is 4.79 Å². The number of nitrogen functional groups attached to an aromatic ring is 1. The first kappa shape index (κ1) is 11.7. The van der Waals surface area contributed by atoms with Crippen LogP contribution in [0.3, 0.4) is 0 Å². The van der Waals surface area contributed by atoms with Gasteiger partial charge in [-0.3, -0.25) is 4.79 Å². The van der Waals surface area contributed by atoms with Gasteiger partial charge in [-0.05, 0) is 25.5 Å². The van der Waals surface area contributed by atoms with Crippen LogP contribution in [-0.4, -0.2) is 29.6 Å². The summed E-state index contributed by atoms with van der Waals surface area (Å²) in [5.41, 5.74) is 11.5. The summed E-state index contributed by atoms with van der Waals surface area (Å²) in [6, 6.07) is 3.13. The lowest BCUT2D eigenvalue weighted by Gasteiger charge is -2.25. The number of aromatic nitrogens is 1. The van der Waals surface area contributed by atoms with Gasteiger partial charge < -0.3 is 21.5 Å². The van der Waals surface area contributed by atoms with E-state index < -0.39 is 5.91 Å². The molecule has 1 saturated heterocycles. The van der Waals surface area contributed by atoms with E-state index in [-0.39, 0.29) is 11.2 Å². The van der Waals surface area contributed by atoms with Crippen LogP contribution in [0.4, 0.5) is 11.5 Å². The van der Waals surface area contributed by atoms with Crippen molar-refractivity contribution >= 4 is 17.4 Å². The van der Waals surface area contributed by atoms with Crippen LogP contribution in [0.25, 0.3) is 0 Å². The first-order chi connectivity index (χ1) is 8.00. The average Bonchev–Trinajstić information content (AvgIpc) is 2.68. The lowest BCUT2D eigenvalue weighted by Crippen LogP contribution is -2.36. The molecule has 1 aromatic rings. The van der Waals surface area contributed by atoms with E-state index in [4.69, 9.17) is 16.2 Å². The molecular formula is C11H16N4O2. The van der Waals surface area contributed by atoms with E-state index in [0.717, 1.165) is 6.42 Å². The third kappa shape index (κ3) is 2.47. The first-order valence-electron chi connectivity index (χ1n) is 5.42. The lowest BCUT2D eigenvalue weighted by molar-refractivity contribution is 0.0995. The maximum absolute atomic E-state index is 11.0. The molecule has 0 saturated carbocycles. The van der Waals surface area contributed by atoms with Gasteiger partial charge in [0.15, 0.2) is 5.82 Å². The summed E-state index contributed by atoms with van der Waals surface area (Å²) in [7, 11) is 0. The van der Waals surface area contributed by atoms with Crippen LogP contribution < -0.4 is 16.8 Å². The summed E-state index contributed by atoms with van der Waals surface area (Å²) in [5, 5.41) is 3.21. The number of nitrogens with one attached hydrogen (secondary N) is 1. The number of nitrogens with zero attached hydrogens (tertiary/aromatic N) is 1. The standard InChI is InChI=1S/C11H16N4O2/c1-11(4-5-17-6-11)15-10-7(12)2-3-8(14-10)9(13)16/h2-3H,4-6,12H2,1H3,(H2,13,16)(H,14,15). The van der Waals surface area contributed by atoms with Crippen molar-refractivity contribution < 1.29 is 9.53 Å². The number of hydrogen-bond acceptors (Lipinski definition) is 5. The number of carbonyl (C=O) groups is 1. The average molecular weight is 236 g/mol. The van der Waals surface area contributed by atoms with Crippen molar-refractivity contribution in [3.8, 4) is 0 Å². The Kier molecular flexibility index (Phi) is 2.89. The minimum atomic E-state index is -0.569. The first-order valence-corrected chi connectivity index (χ1v) is 5.42. The molecule has 6 heteroatoms. The highest BCUT2D eigenvalue weighted by Gasteiger charge is 2.30. The normalized spacial score (nSPS) is 23.6. The number of ether oxygens (including phenoxy) is 1. The summed E-state index contributed by atoms with van der Waals surface area (Å²) in [4.78, 5) is 15.2. The third-order valence-electron chi connectivity index (χ3n) is 2.82. The Labute approximate surface area is 99.3 Å². The van der Waals surface area contributed by atoms with Crippen LogP contribution in [0.1, 0.15) is 23.8 Å². The van der Waals surface area contributed by atoms with Gasteiger partial charge in [-0.1, -0.05) is 0 Å². The molecule has 17 heavy (non-hydrogen) atoms. The molecule has 0 bridgehead atoms. The number of anilines is 2. The Morgan fingerprint density at radius 1 is 1.59 bits per heavy atom. The van der Waals surface area contributed by atoms with Crippen LogP contribution in [0, 0.1) is 0 Å². The molecule has 0 aromatic carbocycles. The topological polar surface area (TPSA) is 103 Å². The molecule has 1 unspecified atom stereocenters. The number of rotatable bonds is 3. The smallest absolute Gasteiger partial charge is 0.267 e. The highest BCUT2D eigenvalue weighted by Crippen LogP contribution is 2.26. The van der Waals surface area contributed by atoms with Gasteiger partial charge in [0.25, 0.3) is 5.91 Å². The second kappa shape index (κ2) is 4.21. The predicted octanol–water partition coefficient (Wildman–Crippen LogP) is 0.354. The minimum absolute atomic E-state index is 0.197. The Balaban J connectivity index is 2.25. The Bertz CT molecular complexity index is 441. The molecule has 92 valence electrons. The molecule has 1 amide bonds. The zero-order chi connectivity index (χ0) is 12.5. The Morgan fingerprint density at radius 3 is 2.94 bits per heavy atom. The fourth-order valence-corrected chi connectivity index (χ4v) is 1.76. The van der Waals surface area contributed by atoms with Gasteiger partial charge in [0, 0.05) is 6.61 Å². The number of carbonyl (C=O) groups excluding carboxylic acids is 1. The van der Waals surface area contributed by atoms with Crippen LogP contribution in [0.2, 0.25) is 0 Å². The molecule has 6 nitrogen and oxygen atoms in total. The number of nitrogens with two attached hydrogens (primary N) is 2. The zero-order valence-corrected chi connectivity index (χ0v) is 9.69. The largest absolute Gasteiger partial charge is 0.396 e. The van der Waals surface area contributed by atoms with Gasteiger partial charge in [0.2, 0.25) is 0 Å². The quantitative estimate of drug-likeness (QED) is 0.702. The van der Waals surface area contributed by atoms with Crippen LogP contribution in [0.15, 0.2) is 12.1 Å². The molecule has 1 atom stereocenters. The Hall–Kier alpha value is -1.82. The molecule has 1 aliphatic heterocycles. The predicted molar refractivity (Wildman–Crippen MR) is 64.6 cm³/mol. The number of pyridine rings is 1. The van der Waals surface area contributed by atoms with Gasteiger partial charge >= 0.3 is 0 Å². The van der Waals surface area contributed by atoms with Gasteiger partial charge in [-0.25, -0.2) is 4.98 Å². The maximum Gasteiger partial charge on any atom is 0.267 e. The van der Waals surface area contributed by atoms with Crippen LogP contribution in [-0.2, 0) is 4.74 Å². The van der Waals surface area contributed by atoms with Crippen molar-refractivity contribution in [3.05, 3.63) is 17.8 Å². The van der Waals surface area contributed by atoms with Gasteiger partial charge in [0.05, 0.1) is 17.8 Å². The molecule has 1 aromatic heterocycles. The van der Waals surface area contributed by atoms with Crippen molar-refractivity contribution in [3.63, 3.8) is 0 Å². The fourth-order valence-electron chi connectivity index (χ4n) is 1.76. The van der Waals surface area contributed by atoms with Crippen molar-refractivity contribution in [1.29, 1.82) is 0 Å². The fraction of sp³-hybridized carbons (Fsp3) is 0.455. The molecule has 0 aliphatic carbocycles. The minimum Gasteiger partial charge on any atom is -0.396 e. The molecule has 2 rings (SSSR count). The third-order valence-corrected chi connectivity index (χ3v) is 2.82. The summed E-state index contributed by atoms with van der Waals surface area (Å²) >= 11 is 0. The van der Waals surface area contributed by atoms with E-state index in [2.05, 4.69) is 10.3 Å². The number of hydrogen-bond donors (Lipinski definition) is 3. The molecule has 0 spiro atoms. The van der Waals surface area contributed by atoms with Crippen molar-refractivity contribution in [2.75, 3.05) is 24.3 Å². The van der Waals surface area contributed by atoms with E-state index in [1.54, 1.807) is 6.07 Å². The summed E-state index contributed by atoms with van der Waals surface area (Å²) < 4.78 is 5.33. The molecule has 1 aliphatic rings. The summed E-state index contributed by atoms with van der Waals surface area (Å²) in [6.45, 7) is 3.33. The van der Waals surface area contributed by atoms with Crippen molar-refractivity contribution in [2.45, 2.75) is 18.9 Å². The van der Waals surface area contributed by atoms with Gasteiger partial charge in [0.1, 0.15) is 5.69 Å². The molecular weight excluding hydrogens is 220 g/mol. The van der Waals surface area contributed by atoms with Gasteiger partial charge in [-0.2, -0.15) is 0 Å². The van der Waals surface area contributed by atoms with Crippen LogP contribution >= 0.6 is 0 Å². The molecule has 2 heterocycles. The lowest BCUT2D eigenvalue weighted by atomic mass is 10.0. The second-order valence-corrected chi connectivity index (χ2v) is 4.49. The maximum atomic E-state index is 11.0. The van der Waals surface area contributed by atoms with Crippen molar-refractivity contribution in [1.82, 2.24) is 4.98 Å². The van der Waals surface area contributed by atoms with Gasteiger partial charge in [-0.15, -0.1) is 0 Å². The highest BCUT2D eigenvalue weighted by molar-refractivity contribution is 5.91. The number of primary amides is 1. The SMILES string of the molecule is CC1(Nc2nc(C(N)=O)ccc2N)CCOC1. The Morgan fingerprint density at radius 2 is 2.35 bits per heavy atom. The van der Waals surface area contributed by atoms with E-state index in [0.29, 0.717) is 24.7 Å². The van der Waals surface area contributed by atoms with E-state index in [1.165, 1.54) is 6.07 Å². The van der Waals surface area contributed by atoms with E-state index >= 15 is 0 Å². The summed E-state index contributed by atoms with van der Waals surface area (Å²) in [5.74, 6) is -0.0878. The highest BCUT2D eigenvalue weighted by atomic mass is 16.5. The zero-order valence-electron chi connectivity index (χ0n) is 9.69. The van der Waals surface area contributed by atoms with Crippen LogP contribution in [0.5, 0.6) is 0 Å². The monoisotopic (exact) mass is 236 g/mol. The molecule has 1 fully saturated rings. The molecule has 5 N–H and O–H groups in total.